The number of benzene rings is 1. The van der Waals surface area contributed by atoms with Crippen LogP contribution in [0.5, 0.6) is 0 Å². The predicted molar refractivity (Wildman–Crippen MR) is 62.7 cm³/mol. The number of carbonyl (C=O) groups is 2. The number of rotatable bonds is 1. The lowest BCUT2D eigenvalue weighted by molar-refractivity contribution is -0.117. The van der Waals surface area contributed by atoms with Crippen LogP contribution in [0.15, 0.2) is 18.2 Å². The highest BCUT2D eigenvalue weighted by molar-refractivity contribution is 5.98. The number of nitrogens with one attached hydrogen (secondary N) is 1. The van der Waals surface area contributed by atoms with E-state index in [1.807, 2.05) is 26.0 Å². The molecule has 2 rings (SSSR count). The van der Waals surface area contributed by atoms with Gasteiger partial charge in [0.25, 0.3) is 0 Å². The van der Waals surface area contributed by atoms with E-state index in [1.54, 1.807) is 13.0 Å². The highest BCUT2D eigenvalue weighted by atomic mass is 16.1. The molecule has 0 bridgehead atoms. The molecule has 84 valence electrons. The van der Waals surface area contributed by atoms with Crippen molar-refractivity contribution in [2.75, 3.05) is 5.32 Å². The van der Waals surface area contributed by atoms with Gasteiger partial charge in [0.15, 0.2) is 5.78 Å². The molecule has 3 heteroatoms. The lowest BCUT2D eigenvalue weighted by Gasteiger charge is -2.32. The smallest absolute Gasteiger partial charge is 0.225 e. The third-order valence-corrected chi connectivity index (χ3v) is 3.03. The zero-order valence-corrected chi connectivity index (χ0v) is 9.76. The molecule has 1 aliphatic heterocycles. The predicted octanol–water partition coefficient (Wildman–Crippen LogP) is 2.51. The second-order valence-electron chi connectivity index (χ2n) is 4.93. The van der Waals surface area contributed by atoms with Crippen molar-refractivity contribution in [2.45, 2.75) is 32.6 Å². The van der Waals surface area contributed by atoms with E-state index in [0.717, 1.165) is 11.3 Å². The van der Waals surface area contributed by atoms with E-state index in [0.29, 0.717) is 12.0 Å². The van der Waals surface area contributed by atoms with E-state index in [4.69, 9.17) is 0 Å². The average molecular weight is 217 g/mol. The van der Waals surface area contributed by atoms with Crippen LogP contribution in [0.2, 0.25) is 0 Å². The molecule has 1 heterocycles. The molecule has 0 fully saturated rings. The third-order valence-electron chi connectivity index (χ3n) is 3.03. The quantitative estimate of drug-likeness (QED) is 0.735. The van der Waals surface area contributed by atoms with Gasteiger partial charge in [-0.1, -0.05) is 13.8 Å². The molecule has 0 unspecified atom stereocenters. The number of amides is 1. The maximum absolute atomic E-state index is 11.5. The van der Waals surface area contributed by atoms with Crippen molar-refractivity contribution in [3.05, 3.63) is 29.3 Å². The normalized spacial score (nSPS) is 17.6. The Morgan fingerprint density at radius 2 is 2.06 bits per heavy atom. The topological polar surface area (TPSA) is 46.2 Å². The van der Waals surface area contributed by atoms with Gasteiger partial charge in [0, 0.05) is 23.1 Å². The third kappa shape index (κ3) is 1.73. The fourth-order valence-electron chi connectivity index (χ4n) is 2.12. The molecule has 16 heavy (non-hydrogen) atoms. The Bertz CT molecular complexity index is 475. The van der Waals surface area contributed by atoms with Crippen LogP contribution >= 0.6 is 0 Å². The molecule has 0 saturated heterocycles. The van der Waals surface area contributed by atoms with Gasteiger partial charge in [-0.3, -0.25) is 9.59 Å². The van der Waals surface area contributed by atoms with E-state index in [-0.39, 0.29) is 17.1 Å². The summed E-state index contributed by atoms with van der Waals surface area (Å²) in [5, 5.41) is 2.83. The zero-order valence-electron chi connectivity index (χ0n) is 9.76. The van der Waals surface area contributed by atoms with Crippen molar-refractivity contribution >= 4 is 17.4 Å². The summed E-state index contributed by atoms with van der Waals surface area (Å²) in [4.78, 5) is 22.8. The van der Waals surface area contributed by atoms with Crippen molar-refractivity contribution in [1.29, 1.82) is 0 Å². The van der Waals surface area contributed by atoms with Gasteiger partial charge in [-0.15, -0.1) is 0 Å². The summed E-state index contributed by atoms with van der Waals surface area (Å²) in [6.07, 6.45) is 0.460. The van der Waals surface area contributed by atoms with Gasteiger partial charge < -0.3 is 5.32 Å². The Morgan fingerprint density at radius 3 is 2.69 bits per heavy atom. The second kappa shape index (κ2) is 3.44. The molecule has 1 N–H and O–H groups in total. The highest BCUT2D eigenvalue weighted by Crippen LogP contribution is 2.37. The first-order valence-corrected chi connectivity index (χ1v) is 5.35. The van der Waals surface area contributed by atoms with Crippen LogP contribution in [0, 0.1) is 0 Å². The van der Waals surface area contributed by atoms with Crippen LogP contribution in [-0.4, -0.2) is 11.7 Å². The molecule has 0 saturated carbocycles. The molecule has 0 aromatic heterocycles. The molecule has 1 aromatic carbocycles. The van der Waals surface area contributed by atoms with Crippen molar-refractivity contribution < 1.29 is 9.59 Å². The van der Waals surface area contributed by atoms with E-state index >= 15 is 0 Å². The van der Waals surface area contributed by atoms with Crippen molar-refractivity contribution in [1.82, 2.24) is 0 Å². The van der Waals surface area contributed by atoms with Crippen LogP contribution in [0.4, 0.5) is 5.69 Å². The van der Waals surface area contributed by atoms with Crippen LogP contribution in [0.25, 0.3) is 0 Å². The van der Waals surface area contributed by atoms with Crippen LogP contribution in [0.3, 0.4) is 0 Å². The zero-order chi connectivity index (χ0) is 11.9. The van der Waals surface area contributed by atoms with Gasteiger partial charge in [0.05, 0.1) is 0 Å². The Labute approximate surface area is 94.9 Å². The fourth-order valence-corrected chi connectivity index (χ4v) is 2.12. The summed E-state index contributed by atoms with van der Waals surface area (Å²) >= 11 is 0. The van der Waals surface area contributed by atoms with Gasteiger partial charge in [0.2, 0.25) is 5.91 Å². The standard InChI is InChI=1S/C13H15NO2/c1-8(15)9-4-5-11-10(6-9)13(2,3)7-12(16)14-11/h4-6H,7H2,1-3H3,(H,14,16). The molecule has 1 aliphatic rings. The number of ketones is 1. The first-order chi connectivity index (χ1) is 7.40. The largest absolute Gasteiger partial charge is 0.326 e. The molecule has 0 spiro atoms. The number of hydrogen-bond donors (Lipinski definition) is 1. The molecule has 1 aromatic rings. The van der Waals surface area contributed by atoms with E-state index in [2.05, 4.69) is 5.32 Å². The van der Waals surface area contributed by atoms with Crippen LogP contribution in [-0.2, 0) is 10.2 Å². The summed E-state index contributed by atoms with van der Waals surface area (Å²) < 4.78 is 0. The molecule has 0 atom stereocenters. The molecule has 0 radical (unpaired) electrons. The number of carbonyl (C=O) groups excluding carboxylic acids is 2. The lowest BCUT2D eigenvalue weighted by atomic mass is 9.77. The monoisotopic (exact) mass is 217 g/mol. The first kappa shape index (κ1) is 10.9. The molecule has 3 nitrogen and oxygen atoms in total. The van der Waals surface area contributed by atoms with E-state index < -0.39 is 0 Å². The Kier molecular flexibility index (Phi) is 2.34. The van der Waals surface area contributed by atoms with Gasteiger partial charge in [0.1, 0.15) is 0 Å². The summed E-state index contributed by atoms with van der Waals surface area (Å²) in [5.41, 5.74) is 2.36. The van der Waals surface area contributed by atoms with E-state index in [9.17, 15) is 9.59 Å². The Hall–Kier alpha value is -1.64. The summed E-state index contributed by atoms with van der Waals surface area (Å²) in [6, 6.07) is 5.45. The second-order valence-corrected chi connectivity index (χ2v) is 4.93. The number of fused-ring (bicyclic) bond motifs is 1. The summed E-state index contributed by atoms with van der Waals surface area (Å²) in [7, 11) is 0. The number of Topliss-reactive ketones (excluding diaryl/α,β-unsaturated/α-hetero) is 1. The van der Waals surface area contributed by atoms with Crippen LogP contribution < -0.4 is 5.32 Å². The number of hydrogen-bond acceptors (Lipinski definition) is 2. The SMILES string of the molecule is CC(=O)c1ccc2c(c1)C(C)(C)CC(=O)N2. The molecule has 0 aliphatic carbocycles. The van der Waals surface area contributed by atoms with Crippen molar-refractivity contribution in [3.63, 3.8) is 0 Å². The molecule has 1 amide bonds. The Balaban J connectivity index is 2.57. The molecular formula is C13H15NO2. The van der Waals surface area contributed by atoms with Gasteiger partial charge in [-0.2, -0.15) is 0 Å². The van der Waals surface area contributed by atoms with Crippen molar-refractivity contribution in [2.24, 2.45) is 0 Å². The number of anilines is 1. The van der Waals surface area contributed by atoms with Gasteiger partial charge in [-0.05, 0) is 30.7 Å². The van der Waals surface area contributed by atoms with Gasteiger partial charge in [-0.25, -0.2) is 0 Å². The maximum atomic E-state index is 11.5. The minimum atomic E-state index is -0.205. The maximum Gasteiger partial charge on any atom is 0.225 e. The van der Waals surface area contributed by atoms with E-state index in [1.165, 1.54) is 0 Å². The van der Waals surface area contributed by atoms with Gasteiger partial charge >= 0.3 is 0 Å². The fraction of sp³-hybridized carbons (Fsp3) is 0.385. The minimum Gasteiger partial charge on any atom is -0.326 e. The molecular weight excluding hydrogens is 202 g/mol. The van der Waals surface area contributed by atoms with Crippen molar-refractivity contribution in [3.8, 4) is 0 Å². The first-order valence-electron chi connectivity index (χ1n) is 5.35. The Morgan fingerprint density at radius 1 is 1.38 bits per heavy atom. The lowest BCUT2D eigenvalue weighted by Crippen LogP contribution is -2.32. The minimum absolute atomic E-state index is 0.0353. The average Bonchev–Trinajstić information content (AvgIpc) is 2.15. The highest BCUT2D eigenvalue weighted by Gasteiger charge is 2.32. The summed E-state index contributed by atoms with van der Waals surface area (Å²) in [6.45, 7) is 5.60. The summed E-state index contributed by atoms with van der Waals surface area (Å²) in [5.74, 6) is 0.0866. The van der Waals surface area contributed by atoms with Crippen LogP contribution in [0.1, 0.15) is 43.1 Å².